The molecule has 94 valence electrons. The molecule has 3 nitrogen and oxygen atoms in total. The zero-order chi connectivity index (χ0) is 12.8. The smallest absolute Gasteiger partial charge is 0.395 e. The Morgan fingerprint density at radius 1 is 1.25 bits per heavy atom. The number of carbonyl (C=O) groups excluding carboxylic acids is 2. The lowest BCUT2D eigenvalue weighted by molar-refractivity contribution is -0.162. The second-order valence-corrected chi connectivity index (χ2v) is 3.35. The van der Waals surface area contributed by atoms with Crippen molar-refractivity contribution in [2.75, 3.05) is 6.61 Å². The number of hydrogen-bond acceptors (Lipinski definition) is 3. The van der Waals surface area contributed by atoms with Crippen molar-refractivity contribution >= 4 is 11.8 Å². The zero-order valence-electron chi connectivity index (χ0n) is 9.26. The molecule has 0 bridgehead atoms. The van der Waals surface area contributed by atoms with Crippen LogP contribution in [-0.2, 0) is 14.3 Å². The van der Waals surface area contributed by atoms with Crippen LogP contribution in [0.25, 0.3) is 0 Å². The third-order valence-corrected chi connectivity index (χ3v) is 1.91. The maximum atomic E-state index is 12.0. The summed E-state index contributed by atoms with van der Waals surface area (Å²) in [5.74, 6) is -3.27. The van der Waals surface area contributed by atoms with E-state index in [1.165, 1.54) is 6.92 Å². The minimum absolute atomic E-state index is 0.0539. The van der Waals surface area contributed by atoms with Crippen LogP contribution >= 0.6 is 0 Å². The molecule has 1 unspecified atom stereocenters. The van der Waals surface area contributed by atoms with Gasteiger partial charge in [0.05, 0.1) is 6.61 Å². The van der Waals surface area contributed by atoms with Crippen molar-refractivity contribution < 1.29 is 27.5 Å². The summed E-state index contributed by atoms with van der Waals surface area (Å²) in [5, 5.41) is 0. The first-order chi connectivity index (χ1) is 7.31. The Morgan fingerprint density at radius 2 is 1.81 bits per heavy atom. The molecular weight excluding hydrogens is 225 g/mol. The van der Waals surface area contributed by atoms with Gasteiger partial charge in [-0.2, -0.15) is 13.2 Å². The molecule has 6 heteroatoms. The highest BCUT2D eigenvalue weighted by Crippen LogP contribution is 2.24. The molecule has 0 aromatic rings. The normalized spacial score (nSPS) is 13.3. The maximum Gasteiger partial charge on any atom is 0.395 e. The molecule has 0 heterocycles. The predicted molar refractivity (Wildman–Crippen MR) is 50.7 cm³/mol. The van der Waals surface area contributed by atoms with Gasteiger partial charge in [0, 0.05) is 0 Å². The van der Waals surface area contributed by atoms with Crippen LogP contribution in [0.3, 0.4) is 0 Å². The minimum Gasteiger partial charge on any atom is -0.465 e. The van der Waals surface area contributed by atoms with Gasteiger partial charge in [0.25, 0.3) is 0 Å². The summed E-state index contributed by atoms with van der Waals surface area (Å²) in [6, 6.07) is 0. The van der Waals surface area contributed by atoms with E-state index in [1.54, 1.807) is 6.92 Å². The number of esters is 1. The van der Waals surface area contributed by atoms with E-state index in [9.17, 15) is 22.8 Å². The molecule has 0 saturated heterocycles. The average molecular weight is 240 g/mol. The molecule has 0 aromatic carbocycles. The Labute approximate surface area is 92.0 Å². The summed E-state index contributed by atoms with van der Waals surface area (Å²) >= 11 is 0. The van der Waals surface area contributed by atoms with Gasteiger partial charge in [0.2, 0.25) is 0 Å². The Morgan fingerprint density at radius 3 is 2.19 bits per heavy atom. The number of halogens is 3. The van der Waals surface area contributed by atoms with E-state index in [1.807, 2.05) is 0 Å². The van der Waals surface area contributed by atoms with Gasteiger partial charge in [-0.25, -0.2) is 0 Å². The molecule has 0 spiro atoms. The van der Waals surface area contributed by atoms with Gasteiger partial charge in [-0.3, -0.25) is 9.59 Å². The molecule has 0 radical (unpaired) electrons. The lowest BCUT2D eigenvalue weighted by atomic mass is 9.96. The van der Waals surface area contributed by atoms with Crippen molar-refractivity contribution in [3.05, 3.63) is 0 Å². The van der Waals surface area contributed by atoms with Gasteiger partial charge in [0.1, 0.15) is 12.3 Å². The topological polar surface area (TPSA) is 43.4 Å². The Hall–Kier alpha value is -1.07. The van der Waals surface area contributed by atoms with Crippen LogP contribution in [0.2, 0.25) is 0 Å². The quantitative estimate of drug-likeness (QED) is 0.529. The van der Waals surface area contributed by atoms with Crippen LogP contribution in [0.4, 0.5) is 13.2 Å². The van der Waals surface area contributed by atoms with Crippen LogP contribution in [0, 0.1) is 5.92 Å². The second-order valence-electron chi connectivity index (χ2n) is 3.35. The van der Waals surface area contributed by atoms with Crippen molar-refractivity contribution in [2.45, 2.75) is 39.3 Å². The monoisotopic (exact) mass is 240 g/mol. The van der Waals surface area contributed by atoms with Gasteiger partial charge in [-0.15, -0.1) is 0 Å². The van der Waals surface area contributed by atoms with Crippen molar-refractivity contribution in [3.63, 3.8) is 0 Å². The highest BCUT2D eigenvalue weighted by molar-refractivity contribution is 5.99. The molecule has 0 aliphatic carbocycles. The molecule has 0 saturated carbocycles. The third kappa shape index (κ3) is 5.72. The fourth-order valence-corrected chi connectivity index (χ4v) is 1.26. The third-order valence-electron chi connectivity index (χ3n) is 1.91. The number of rotatable bonds is 6. The van der Waals surface area contributed by atoms with Gasteiger partial charge in [-0.1, -0.05) is 13.3 Å². The molecular formula is C10H15F3O3. The number of ketones is 1. The van der Waals surface area contributed by atoms with Gasteiger partial charge < -0.3 is 4.74 Å². The molecule has 0 amide bonds. The molecule has 0 aliphatic rings. The summed E-state index contributed by atoms with van der Waals surface area (Å²) in [4.78, 5) is 22.5. The predicted octanol–water partition coefficient (Wildman–Crippen LogP) is 2.49. The standard InChI is InChI=1S/C10H15F3O3/c1-3-5-7(9(15)16-4-2)8(14)6-10(11,12)13/h7H,3-6H2,1-2H3. The lowest BCUT2D eigenvalue weighted by Gasteiger charge is -2.14. The highest BCUT2D eigenvalue weighted by Gasteiger charge is 2.37. The molecule has 0 aromatic heterocycles. The highest BCUT2D eigenvalue weighted by atomic mass is 19.4. The van der Waals surface area contributed by atoms with Crippen molar-refractivity contribution in [1.82, 2.24) is 0 Å². The first-order valence-corrected chi connectivity index (χ1v) is 5.07. The molecule has 0 aliphatic heterocycles. The van der Waals surface area contributed by atoms with Crippen LogP contribution in [0.5, 0.6) is 0 Å². The average Bonchev–Trinajstić information content (AvgIpc) is 2.11. The van der Waals surface area contributed by atoms with Crippen LogP contribution in [-0.4, -0.2) is 24.5 Å². The first-order valence-electron chi connectivity index (χ1n) is 5.07. The van der Waals surface area contributed by atoms with E-state index in [4.69, 9.17) is 0 Å². The number of carbonyl (C=O) groups is 2. The number of alkyl halides is 3. The summed E-state index contributed by atoms with van der Waals surface area (Å²) in [6.07, 6.45) is -5.60. The van der Waals surface area contributed by atoms with Crippen LogP contribution in [0.15, 0.2) is 0 Å². The summed E-state index contributed by atoms with van der Waals surface area (Å²) in [5.41, 5.74) is 0. The van der Waals surface area contributed by atoms with Crippen LogP contribution in [0.1, 0.15) is 33.1 Å². The summed E-state index contributed by atoms with van der Waals surface area (Å²) in [7, 11) is 0. The SMILES string of the molecule is CCCC(C(=O)CC(F)(F)F)C(=O)OCC. The largest absolute Gasteiger partial charge is 0.465 e. The molecule has 0 N–H and O–H groups in total. The summed E-state index contributed by atoms with van der Waals surface area (Å²) < 4.78 is 40.5. The van der Waals surface area contributed by atoms with Crippen molar-refractivity contribution in [2.24, 2.45) is 5.92 Å². The Kier molecular flexibility index (Phi) is 6.06. The lowest BCUT2D eigenvalue weighted by Crippen LogP contribution is -2.29. The molecule has 0 fully saturated rings. The number of hydrogen-bond donors (Lipinski definition) is 0. The van der Waals surface area contributed by atoms with Crippen LogP contribution < -0.4 is 0 Å². The fraction of sp³-hybridized carbons (Fsp3) is 0.800. The van der Waals surface area contributed by atoms with Gasteiger partial charge in [0.15, 0.2) is 5.78 Å². The van der Waals surface area contributed by atoms with E-state index in [-0.39, 0.29) is 13.0 Å². The number of ether oxygens (including phenoxy) is 1. The zero-order valence-corrected chi connectivity index (χ0v) is 9.26. The molecule has 16 heavy (non-hydrogen) atoms. The summed E-state index contributed by atoms with van der Waals surface area (Å²) in [6.45, 7) is 3.28. The fourth-order valence-electron chi connectivity index (χ4n) is 1.26. The minimum atomic E-state index is -4.57. The number of Topliss-reactive ketones (excluding diaryl/α,β-unsaturated/α-hetero) is 1. The maximum absolute atomic E-state index is 12.0. The second kappa shape index (κ2) is 6.50. The van der Waals surface area contributed by atoms with E-state index in [2.05, 4.69) is 4.74 Å². The Bertz CT molecular complexity index is 248. The molecule has 1 atom stereocenters. The van der Waals surface area contributed by atoms with E-state index < -0.39 is 30.3 Å². The van der Waals surface area contributed by atoms with E-state index in [0.717, 1.165) is 0 Å². The Balaban J connectivity index is 4.52. The van der Waals surface area contributed by atoms with Gasteiger partial charge in [-0.05, 0) is 13.3 Å². The van der Waals surface area contributed by atoms with Gasteiger partial charge >= 0.3 is 12.1 Å². The van der Waals surface area contributed by atoms with Crippen molar-refractivity contribution in [3.8, 4) is 0 Å². The van der Waals surface area contributed by atoms with Crippen molar-refractivity contribution in [1.29, 1.82) is 0 Å². The van der Waals surface area contributed by atoms with E-state index in [0.29, 0.717) is 6.42 Å². The molecule has 0 rings (SSSR count). The van der Waals surface area contributed by atoms with E-state index >= 15 is 0 Å². The first kappa shape index (κ1) is 14.9.